The van der Waals surface area contributed by atoms with Crippen LogP contribution in [-0.4, -0.2) is 49.8 Å². The highest BCUT2D eigenvalue weighted by molar-refractivity contribution is 4.80. The Morgan fingerprint density at radius 2 is 2.06 bits per heavy atom. The molecule has 1 N–H and O–H groups in total. The molecule has 1 atom stereocenters. The van der Waals surface area contributed by atoms with E-state index in [1.165, 1.54) is 13.0 Å². The summed E-state index contributed by atoms with van der Waals surface area (Å²) in [5.74, 6) is 0.776. The van der Waals surface area contributed by atoms with Crippen LogP contribution in [0.3, 0.4) is 0 Å². The Balaban J connectivity index is 2.29. The van der Waals surface area contributed by atoms with Crippen LogP contribution < -0.4 is 5.32 Å². The SMILES string of the molecule is CC(C)CC1CNCCN1CCOC(C)C. The summed E-state index contributed by atoms with van der Waals surface area (Å²) in [4.78, 5) is 2.58. The van der Waals surface area contributed by atoms with E-state index in [0.717, 1.165) is 32.2 Å². The molecule has 1 heterocycles. The summed E-state index contributed by atoms with van der Waals surface area (Å²) in [7, 11) is 0. The molecule has 3 nitrogen and oxygen atoms in total. The Morgan fingerprint density at radius 1 is 1.31 bits per heavy atom. The van der Waals surface area contributed by atoms with E-state index in [1.807, 2.05) is 0 Å². The molecule has 96 valence electrons. The second-order valence-corrected chi connectivity index (χ2v) is 5.44. The molecule has 1 aliphatic heterocycles. The fourth-order valence-corrected chi connectivity index (χ4v) is 2.28. The van der Waals surface area contributed by atoms with E-state index < -0.39 is 0 Å². The first kappa shape index (κ1) is 13.9. The van der Waals surface area contributed by atoms with Crippen molar-refractivity contribution in [3.05, 3.63) is 0 Å². The molecule has 0 aromatic rings. The molecule has 0 amide bonds. The van der Waals surface area contributed by atoms with Crippen LogP contribution in [0.4, 0.5) is 0 Å². The van der Waals surface area contributed by atoms with Crippen LogP contribution in [0.25, 0.3) is 0 Å². The first-order valence-electron chi connectivity index (χ1n) is 6.66. The molecule has 1 fully saturated rings. The molecule has 1 rings (SSSR count). The van der Waals surface area contributed by atoms with Gasteiger partial charge in [0.2, 0.25) is 0 Å². The van der Waals surface area contributed by atoms with E-state index in [1.54, 1.807) is 0 Å². The quantitative estimate of drug-likeness (QED) is 0.749. The fraction of sp³-hybridized carbons (Fsp3) is 1.00. The molecule has 0 saturated carbocycles. The van der Waals surface area contributed by atoms with Crippen LogP contribution >= 0.6 is 0 Å². The number of nitrogens with zero attached hydrogens (tertiary/aromatic N) is 1. The van der Waals surface area contributed by atoms with Gasteiger partial charge in [0.1, 0.15) is 0 Å². The largest absolute Gasteiger partial charge is 0.377 e. The Hall–Kier alpha value is -0.120. The predicted molar refractivity (Wildman–Crippen MR) is 68.8 cm³/mol. The smallest absolute Gasteiger partial charge is 0.0597 e. The van der Waals surface area contributed by atoms with Gasteiger partial charge in [0.05, 0.1) is 12.7 Å². The van der Waals surface area contributed by atoms with E-state index in [9.17, 15) is 0 Å². The standard InChI is InChI=1S/C13H28N2O/c1-11(2)9-13-10-14-5-6-15(13)7-8-16-12(3)4/h11-14H,5-10H2,1-4H3. The Kier molecular flexibility index (Phi) is 6.32. The average Bonchev–Trinajstić information content (AvgIpc) is 2.19. The maximum atomic E-state index is 5.64. The molecule has 0 bridgehead atoms. The number of ether oxygens (including phenoxy) is 1. The van der Waals surface area contributed by atoms with Crippen molar-refractivity contribution in [1.29, 1.82) is 0 Å². The summed E-state index contributed by atoms with van der Waals surface area (Å²) in [5.41, 5.74) is 0. The highest BCUT2D eigenvalue weighted by Gasteiger charge is 2.22. The molecule has 1 aliphatic rings. The Bertz CT molecular complexity index is 183. The summed E-state index contributed by atoms with van der Waals surface area (Å²) < 4.78 is 5.64. The van der Waals surface area contributed by atoms with Crippen LogP contribution in [0.2, 0.25) is 0 Å². The van der Waals surface area contributed by atoms with Gasteiger partial charge in [0.15, 0.2) is 0 Å². The summed E-state index contributed by atoms with van der Waals surface area (Å²) >= 11 is 0. The van der Waals surface area contributed by atoms with E-state index in [4.69, 9.17) is 4.74 Å². The van der Waals surface area contributed by atoms with Crippen molar-refractivity contribution in [1.82, 2.24) is 10.2 Å². The fourth-order valence-electron chi connectivity index (χ4n) is 2.28. The van der Waals surface area contributed by atoms with Crippen LogP contribution in [-0.2, 0) is 4.74 Å². The van der Waals surface area contributed by atoms with Crippen molar-refractivity contribution >= 4 is 0 Å². The number of rotatable bonds is 6. The van der Waals surface area contributed by atoms with Gasteiger partial charge in [0.25, 0.3) is 0 Å². The predicted octanol–water partition coefficient (Wildman–Crippen LogP) is 1.73. The van der Waals surface area contributed by atoms with Crippen LogP contribution in [0, 0.1) is 5.92 Å². The van der Waals surface area contributed by atoms with Gasteiger partial charge in [-0.2, -0.15) is 0 Å². The summed E-state index contributed by atoms with van der Waals surface area (Å²) in [6.45, 7) is 14.2. The van der Waals surface area contributed by atoms with Gasteiger partial charge in [-0.15, -0.1) is 0 Å². The molecular formula is C13H28N2O. The topological polar surface area (TPSA) is 24.5 Å². The first-order chi connectivity index (χ1) is 7.59. The minimum absolute atomic E-state index is 0.353. The van der Waals surface area contributed by atoms with Gasteiger partial charge in [-0.25, -0.2) is 0 Å². The first-order valence-corrected chi connectivity index (χ1v) is 6.66. The van der Waals surface area contributed by atoms with Gasteiger partial charge in [-0.1, -0.05) is 13.8 Å². The lowest BCUT2D eigenvalue weighted by atomic mass is 10.0. The third-order valence-corrected chi connectivity index (χ3v) is 3.05. The van der Waals surface area contributed by atoms with Gasteiger partial charge >= 0.3 is 0 Å². The second-order valence-electron chi connectivity index (χ2n) is 5.44. The highest BCUT2D eigenvalue weighted by Crippen LogP contribution is 2.13. The summed E-state index contributed by atoms with van der Waals surface area (Å²) in [6, 6.07) is 0.699. The zero-order valence-electron chi connectivity index (χ0n) is 11.3. The van der Waals surface area contributed by atoms with Crippen molar-refractivity contribution in [2.75, 3.05) is 32.8 Å². The van der Waals surface area contributed by atoms with E-state index in [0.29, 0.717) is 12.1 Å². The maximum Gasteiger partial charge on any atom is 0.0597 e. The molecule has 3 heteroatoms. The van der Waals surface area contributed by atoms with Crippen molar-refractivity contribution < 1.29 is 4.74 Å². The minimum Gasteiger partial charge on any atom is -0.377 e. The lowest BCUT2D eigenvalue weighted by Crippen LogP contribution is -2.52. The van der Waals surface area contributed by atoms with E-state index in [2.05, 4.69) is 37.9 Å². The summed E-state index contributed by atoms with van der Waals surface area (Å²) in [5, 5.41) is 3.49. The van der Waals surface area contributed by atoms with Gasteiger partial charge in [0, 0.05) is 32.2 Å². The van der Waals surface area contributed by atoms with Crippen molar-refractivity contribution in [3.63, 3.8) is 0 Å². The van der Waals surface area contributed by atoms with Crippen LogP contribution in [0.5, 0.6) is 0 Å². The van der Waals surface area contributed by atoms with Crippen LogP contribution in [0.1, 0.15) is 34.1 Å². The third kappa shape index (κ3) is 5.28. The van der Waals surface area contributed by atoms with Gasteiger partial charge in [-0.05, 0) is 26.2 Å². The number of nitrogens with one attached hydrogen (secondary N) is 1. The number of piperazine rings is 1. The molecule has 0 aromatic carbocycles. The molecule has 1 unspecified atom stereocenters. The molecule has 16 heavy (non-hydrogen) atoms. The minimum atomic E-state index is 0.353. The average molecular weight is 228 g/mol. The van der Waals surface area contributed by atoms with Crippen LogP contribution in [0.15, 0.2) is 0 Å². The molecule has 1 saturated heterocycles. The normalized spacial score (nSPS) is 23.2. The zero-order valence-corrected chi connectivity index (χ0v) is 11.3. The Morgan fingerprint density at radius 3 is 2.69 bits per heavy atom. The lowest BCUT2D eigenvalue weighted by Gasteiger charge is -2.37. The summed E-state index contributed by atoms with van der Waals surface area (Å²) in [6.07, 6.45) is 1.64. The monoisotopic (exact) mass is 228 g/mol. The second kappa shape index (κ2) is 7.25. The van der Waals surface area contributed by atoms with Crippen molar-refractivity contribution in [3.8, 4) is 0 Å². The molecule has 0 spiro atoms. The maximum absolute atomic E-state index is 5.64. The van der Waals surface area contributed by atoms with E-state index >= 15 is 0 Å². The van der Waals surface area contributed by atoms with Gasteiger partial charge < -0.3 is 10.1 Å². The third-order valence-electron chi connectivity index (χ3n) is 3.05. The van der Waals surface area contributed by atoms with Gasteiger partial charge in [-0.3, -0.25) is 4.90 Å². The van der Waals surface area contributed by atoms with E-state index in [-0.39, 0.29) is 0 Å². The number of hydrogen-bond donors (Lipinski definition) is 1. The van der Waals surface area contributed by atoms with Crippen molar-refractivity contribution in [2.45, 2.75) is 46.3 Å². The number of hydrogen-bond acceptors (Lipinski definition) is 3. The van der Waals surface area contributed by atoms with Crippen molar-refractivity contribution in [2.24, 2.45) is 5.92 Å². The lowest BCUT2D eigenvalue weighted by molar-refractivity contribution is 0.0398. The molecule has 0 radical (unpaired) electrons. The highest BCUT2D eigenvalue weighted by atomic mass is 16.5. The molecule has 0 aromatic heterocycles. The Labute approximate surface area is 101 Å². The molecular weight excluding hydrogens is 200 g/mol. The zero-order chi connectivity index (χ0) is 12.0. The molecule has 0 aliphatic carbocycles.